The number of aryl methyl sites for hydroxylation is 1. The molecule has 0 radical (unpaired) electrons. The Morgan fingerprint density at radius 2 is 1.97 bits per heavy atom. The molecule has 0 saturated heterocycles. The van der Waals surface area contributed by atoms with Crippen LogP contribution in [-0.4, -0.2) is 23.6 Å². The molecule has 1 unspecified atom stereocenters. The highest BCUT2D eigenvalue weighted by molar-refractivity contribution is 6.02. The number of unbranched alkanes of at least 4 members (excludes halogenated alkanes) is 1. The number of aromatic amines is 1. The third-order valence-corrected chi connectivity index (χ3v) is 6.21. The van der Waals surface area contributed by atoms with Crippen LogP contribution >= 0.6 is 0 Å². The third-order valence-electron chi connectivity index (χ3n) is 6.21. The summed E-state index contributed by atoms with van der Waals surface area (Å²) in [5.41, 5.74) is 12.9. The summed E-state index contributed by atoms with van der Waals surface area (Å²) in [6, 6.07) is 15.0. The molecule has 3 N–H and O–H groups in total. The molecule has 0 aliphatic rings. The van der Waals surface area contributed by atoms with Gasteiger partial charge < -0.3 is 15.5 Å². The second-order valence-corrected chi connectivity index (χ2v) is 8.05. The van der Waals surface area contributed by atoms with Crippen molar-refractivity contribution in [1.29, 1.82) is 0 Å². The van der Waals surface area contributed by atoms with Gasteiger partial charge in [0.15, 0.2) is 0 Å². The Hall–Kier alpha value is -2.85. The summed E-state index contributed by atoms with van der Waals surface area (Å²) >= 11 is 0. The summed E-state index contributed by atoms with van der Waals surface area (Å²) in [4.78, 5) is 8.28. The van der Waals surface area contributed by atoms with Crippen LogP contribution in [0, 0.1) is 0 Å². The minimum absolute atomic E-state index is 0.543. The van der Waals surface area contributed by atoms with Crippen LogP contribution in [0.2, 0.25) is 0 Å². The first kappa shape index (κ1) is 20.4. The van der Waals surface area contributed by atoms with E-state index in [-0.39, 0.29) is 0 Å². The fourth-order valence-corrected chi connectivity index (χ4v) is 4.29. The molecule has 2 aromatic heterocycles. The lowest BCUT2D eigenvalue weighted by atomic mass is 9.93. The molecule has 0 amide bonds. The molecule has 0 aliphatic heterocycles. The Kier molecular flexibility index (Phi) is 6.05. The van der Waals surface area contributed by atoms with E-state index in [0.717, 1.165) is 60.1 Å². The number of pyridine rings is 1. The maximum Gasteiger partial charge on any atom is 0.128 e. The Bertz CT molecular complexity index is 1160. The first-order chi connectivity index (χ1) is 14.7. The van der Waals surface area contributed by atoms with E-state index >= 15 is 0 Å². The quantitative estimate of drug-likeness (QED) is 0.346. The zero-order chi connectivity index (χ0) is 21.1. The molecular formula is C26H31N3O. The second kappa shape index (κ2) is 8.88. The predicted molar refractivity (Wildman–Crippen MR) is 126 cm³/mol. The normalized spacial score (nSPS) is 12.5. The van der Waals surface area contributed by atoms with E-state index in [1.807, 2.05) is 24.4 Å². The first-order valence-corrected chi connectivity index (χ1v) is 10.9. The average molecular weight is 402 g/mol. The van der Waals surface area contributed by atoms with Crippen molar-refractivity contribution in [2.75, 3.05) is 13.7 Å². The molecule has 1 atom stereocenters. The lowest BCUT2D eigenvalue weighted by molar-refractivity contribution is 0.417. The largest absolute Gasteiger partial charge is 0.496 e. The molecule has 0 saturated carbocycles. The van der Waals surface area contributed by atoms with Crippen molar-refractivity contribution in [2.24, 2.45) is 5.73 Å². The molecule has 2 heterocycles. The molecule has 156 valence electrons. The second-order valence-electron chi connectivity index (χ2n) is 8.05. The fourth-order valence-electron chi connectivity index (χ4n) is 4.29. The number of nitrogens with two attached hydrogens (primary N) is 1. The Morgan fingerprint density at radius 1 is 1.10 bits per heavy atom. The zero-order valence-corrected chi connectivity index (χ0v) is 18.2. The molecule has 0 fully saturated rings. The predicted octanol–water partition coefficient (Wildman–Crippen LogP) is 6.19. The number of aromatic nitrogens is 2. The van der Waals surface area contributed by atoms with Crippen molar-refractivity contribution < 1.29 is 4.74 Å². The summed E-state index contributed by atoms with van der Waals surface area (Å²) in [5, 5.41) is 2.41. The zero-order valence-electron chi connectivity index (χ0n) is 18.2. The van der Waals surface area contributed by atoms with E-state index < -0.39 is 0 Å². The number of H-pyrrole nitrogens is 1. The minimum Gasteiger partial charge on any atom is -0.496 e. The van der Waals surface area contributed by atoms with E-state index in [1.165, 1.54) is 22.0 Å². The van der Waals surface area contributed by atoms with Crippen LogP contribution in [0.1, 0.15) is 50.2 Å². The van der Waals surface area contributed by atoms with Gasteiger partial charge in [-0.15, -0.1) is 0 Å². The number of rotatable bonds is 8. The summed E-state index contributed by atoms with van der Waals surface area (Å²) in [7, 11) is 1.73. The van der Waals surface area contributed by atoms with Crippen molar-refractivity contribution in [3.05, 3.63) is 59.8 Å². The molecule has 2 aromatic carbocycles. The van der Waals surface area contributed by atoms with E-state index in [0.29, 0.717) is 5.92 Å². The molecule has 0 bridgehead atoms. The van der Waals surface area contributed by atoms with Crippen molar-refractivity contribution in [2.45, 2.75) is 45.4 Å². The van der Waals surface area contributed by atoms with Crippen molar-refractivity contribution in [1.82, 2.24) is 9.97 Å². The number of benzene rings is 2. The maximum absolute atomic E-state index is 5.80. The first-order valence-electron chi connectivity index (χ1n) is 10.9. The van der Waals surface area contributed by atoms with Crippen LogP contribution in [0.25, 0.3) is 33.1 Å². The van der Waals surface area contributed by atoms with Crippen molar-refractivity contribution in [3.8, 4) is 17.0 Å². The Labute approximate surface area is 178 Å². The number of methoxy groups -OCH3 is 1. The maximum atomic E-state index is 5.80. The molecule has 4 aromatic rings. The summed E-state index contributed by atoms with van der Waals surface area (Å²) in [6.45, 7) is 5.26. The van der Waals surface area contributed by atoms with Gasteiger partial charge in [0.2, 0.25) is 0 Å². The average Bonchev–Trinajstić information content (AvgIpc) is 3.15. The number of nitrogens with zero attached hydrogens (tertiary/aromatic N) is 1. The highest BCUT2D eigenvalue weighted by Gasteiger charge is 2.20. The summed E-state index contributed by atoms with van der Waals surface area (Å²) in [5.74, 6) is 1.41. The van der Waals surface area contributed by atoms with Gasteiger partial charge in [-0.2, -0.15) is 0 Å². The van der Waals surface area contributed by atoms with E-state index in [1.54, 1.807) is 7.11 Å². The van der Waals surface area contributed by atoms with E-state index in [2.05, 4.69) is 48.1 Å². The molecule has 4 heteroatoms. The van der Waals surface area contributed by atoms with Gasteiger partial charge in [-0.3, -0.25) is 4.98 Å². The molecule has 0 aliphatic carbocycles. The number of fused-ring (bicyclic) bond motifs is 2. The smallest absolute Gasteiger partial charge is 0.128 e. The number of ether oxygens (including phenoxy) is 1. The van der Waals surface area contributed by atoms with Crippen LogP contribution in [0.5, 0.6) is 5.75 Å². The Balaban J connectivity index is 1.98. The van der Waals surface area contributed by atoms with Crippen LogP contribution in [0.4, 0.5) is 0 Å². The highest BCUT2D eigenvalue weighted by Crippen LogP contribution is 2.41. The number of nitrogens with one attached hydrogen (secondary N) is 1. The fraction of sp³-hybridized carbons (Fsp3) is 0.346. The molecule has 0 spiro atoms. The lowest BCUT2D eigenvalue weighted by Crippen LogP contribution is -2.00. The van der Waals surface area contributed by atoms with Crippen LogP contribution in [-0.2, 0) is 6.42 Å². The number of hydrogen-bond donors (Lipinski definition) is 2. The van der Waals surface area contributed by atoms with Gasteiger partial charge in [0.25, 0.3) is 0 Å². The van der Waals surface area contributed by atoms with Gasteiger partial charge in [-0.05, 0) is 79.6 Å². The van der Waals surface area contributed by atoms with Gasteiger partial charge >= 0.3 is 0 Å². The van der Waals surface area contributed by atoms with Crippen molar-refractivity contribution >= 4 is 21.8 Å². The van der Waals surface area contributed by atoms with Crippen molar-refractivity contribution in [3.63, 3.8) is 0 Å². The van der Waals surface area contributed by atoms with Crippen LogP contribution in [0.3, 0.4) is 0 Å². The van der Waals surface area contributed by atoms with E-state index in [9.17, 15) is 0 Å². The topological polar surface area (TPSA) is 63.9 Å². The standard InChI is InChI=1S/C26H31N3O/c1-4-17(2)18-10-11-23-21(16-18)19(8-5-6-14-27)26(29-23)25-20-9-7-15-28-22(20)12-13-24(25)30-3/h7,9-13,15-17,29H,4-6,8,14,27H2,1-3H3. The van der Waals surface area contributed by atoms with E-state index in [4.69, 9.17) is 10.5 Å². The van der Waals surface area contributed by atoms with Gasteiger partial charge in [-0.25, -0.2) is 0 Å². The third kappa shape index (κ3) is 3.68. The number of hydrogen-bond acceptors (Lipinski definition) is 3. The molecule has 30 heavy (non-hydrogen) atoms. The van der Waals surface area contributed by atoms with Gasteiger partial charge in [0.05, 0.1) is 18.3 Å². The SMILES string of the molecule is CCC(C)c1ccc2[nH]c(-c3c(OC)ccc4ncccc34)c(CCCCN)c2c1. The summed E-state index contributed by atoms with van der Waals surface area (Å²) in [6.07, 6.45) is 6.04. The Morgan fingerprint density at radius 3 is 2.73 bits per heavy atom. The van der Waals surface area contributed by atoms with Gasteiger partial charge in [0, 0.05) is 28.0 Å². The van der Waals surface area contributed by atoms with Gasteiger partial charge in [0.1, 0.15) is 5.75 Å². The molecule has 4 nitrogen and oxygen atoms in total. The lowest BCUT2D eigenvalue weighted by Gasteiger charge is -2.13. The van der Waals surface area contributed by atoms with Crippen LogP contribution in [0.15, 0.2) is 48.7 Å². The monoisotopic (exact) mass is 401 g/mol. The molecular weight excluding hydrogens is 370 g/mol. The highest BCUT2D eigenvalue weighted by atomic mass is 16.5. The van der Waals surface area contributed by atoms with Crippen LogP contribution < -0.4 is 10.5 Å². The molecule has 4 rings (SSSR count). The van der Waals surface area contributed by atoms with Gasteiger partial charge in [-0.1, -0.05) is 26.0 Å². The minimum atomic E-state index is 0.543. The summed E-state index contributed by atoms with van der Waals surface area (Å²) < 4.78 is 5.80.